The Morgan fingerprint density at radius 1 is 1.43 bits per heavy atom. The number of aryl methyl sites for hydroxylation is 2. The van der Waals surface area contributed by atoms with Gasteiger partial charge in [-0.25, -0.2) is 4.98 Å². The van der Waals surface area contributed by atoms with E-state index >= 15 is 0 Å². The number of rotatable bonds is 4. The van der Waals surface area contributed by atoms with Crippen molar-refractivity contribution in [2.75, 3.05) is 0 Å². The van der Waals surface area contributed by atoms with Crippen molar-refractivity contribution in [2.45, 2.75) is 46.6 Å². The third-order valence-corrected chi connectivity index (χ3v) is 3.87. The fourth-order valence-corrected chi connectivity index (χ4v) is 2.53. The van der Waals surface area contributed by atoms with Crippen LogP contribution in [0.4, 0.5) is 0 Å². The maximum absolute atomic E-state index is 5.99. The van der Waals surface area contributed by atoms with Gasteiger partial charge in [0.1, 0.15) is 0 Å². The third kappa shape index (κ3) is 2.79. The minimum atomic E-state index is 0.305. The van der Waals surface area contributed by atoms with Gasteiger partial charge in [0.15, 0.2) is 0 Å². The van der Waals surface area contributed by atoms with Crippen LogP contribution in [0.2, 0.25) is 0 Å². The van der Waals surface area contributed by atoms with Gasteiger partial charge in [0.25, 0.3) is 0 Å². The first-order valence-corrected chi connectivity index (χ1v) is 6.04. The van der Waals surface area contributed by atoms with E-state index in [2.05, 4.69) is 32.7 Å². The maximum atomic E-state index is 5.99. The first kappa shape index (κ1) is 11.7. The summed E-state index contributed by atoms with van der Waals surface area (Å²) >= 11 is 1.80. The second-order valence-electron chi connectivity index (χ2n) is 4.00. The zero-order chi connectivity index (χ0) is 10.7. The van der Waals surface area contributed by atoms with E-state index in [-0.39, 0.29) is 0 Å². The largest absolute Gasteiger partial charge is 0.327 e. The molecule has 0 aliphatic carbocycles. The van der Waals surface area contributed by atoms with E-state index in [1.54, 1.807) is 11.3 Å². The third-order valence-electron chi connectivity index (χ3n) is 2.77. The van der Waals surface area contributed by atoms with Crippen LogP contribution in [-0.4, -0.2) is 11.0 Å². The highest BCUT2D eigenvalue weighted by Gasteiger charge is 2.13. The van der Waals surface area contributed by atoms with Crippen molar-refractivity contribution in [1.29, 1.82) is 0 Å². The standard InChI is InChI=1S/C11H20N2S/c1-5-10(12)7(2)6-11-13-8(3)9(4)14-11/h7,10H,5-6,12H2,1-4H3. The van der Waals surface area contributed by atoms with Crippen LogP contribution in [0, 0.1) is 19.8 Å². The molecule has 2 unspecified atom stereocenters. The molecule has 2 atom stereocenters. The number of hydrogen-bond donors (Lipinski definition) is 1. The molecule has 2 N–H and O–H groups in total. The predicted octanol–water partition coefficient (Wildman–Crippen LogP) is 2.68. The molecule has 0 bridgehead atoms. The van der Waals surface area contributed by atoms with Crippen molar-refractivity contribution < 1.29 is 0 Å². The van der Waals surface area contributed by atoms with E-state index in [1.165, 1.54) is 15.6 Å². The summed E-state index contributed by atoms with van der Waals surface area (Å²) in [7, 11) is 0. The zero-order valence-corrected chi connectivity index (χ0v) is 10.3. The molecule has 1 rings (SSSR count). The molecule has 0 amide bonds. The highest BCUT2D eigenvalue weighted by atomic mass is 32.1. The lowest BCUT2D eigenvalue weighted by molar-refractivity contribution is 0.441. The maximum Gasteiger partial charge on any atom is 0.0934 e. The Labute approximate surface area is 90.6 Å². The van der Waals surface area contributed by atoms with Crippen LogP contribution in [0.25, 0.3) is 0 Å². The fourth-order valence-electron chi connectivity index (χ4n) is 1.46. The van der Waals surface area contributed by atoms with Crippen molar-refractivity contribution in [2.24, 2.45) is 11.7 Å². The summed E-state index contributed by atoms with van der Waals surface area (Å²) in [5.74, 6) is 0.532. The second-order valence-corrected chi connectivity index (χ2v) is 5.29. The lowest BCUT2D eigenvalue weighted by atomic mass is 9.97. The minimum absolute atomic E-state index is 0.305. The number of hydrogen-bond acceptors (Lipinski definition) is 3. The van der Waals surface area contributed by atoms with Gasteiger partial charge in [-0.3, -0.25) is 0 Å². The average Bonchev–Trinajstić information content (AvgIpc) is 2.44. The van der Waals surface area contributed by atoms with Crippen molar-refractivity contribution in [3.05, 3.63) is 15.6 Å². The lowest BCUT2D eigenvalue weighted by Crippen LogP contribution is -2.28. The molecule has 0 aliphatic heterocycles. The van der Waals surface area contributed by atoms with E-state index in [4.69, 9.17) is 5.73 Å². The van der Waals surface area contributed by atoms with Crippen molar-refractivity contribution in [1.82, 2.24) is 4.98 Å². The van der Waals surface area contributed by atoms with Crippen LogP contribution < -0.4 is 5.73 Å². The van der Waals surface area contributed by atoms with Gasteiger partial charge >= 0.3 is 0 Å². The number of nitrogens with zero attached hydrogens (tertiary/aromatic N) is 1. The van der Waals surface area contributed by atoms with Gasteiger partial charge in [-0.2, -0.15) is 0 Å². The van der Waals surface area contributed by atoms with Gasteiger partial charge in [0.2, 0.25) is 0 Å². The summed E-state index contributed by atoms with van der Waals surface area (Å²) in [6.07, 6.45) is 2.07. The smallest absolute Gasteiger partial charge is 0.0934 e. The van der Waals surface area contributed by atoms with E-state index in [0.717, 1.165) is 12.8 Å². The monoisotopic (exact) mass is 212 g/mol. The molecular weight excluding hydrogens is 192 g/mol. The summed E-state index contributed by atoms with van der Waals surface area (Å²) in [5.41, 5.74) is 7.15. The molecule has 0 aliphatic rings. The minimum Gasteiger partial charge on any atom is -0.327 e. The molecule has 0 fully saturated rings. The van der Waals surface area contributed by atoms with Crippen molar-refractivity contribution >= 4 is 11.3 Å². The van der Waals surface area contributed by atoms with Crippen molar-refractivity contribution in [3.8, 4) is 0 Å². The van der Waals surface area contributed by atoms with E-state index in [9.17, 15) is 0 Å². The first-order valence-electron chi connectivity index (χ1n) is 5.23. The molecule has 0 radical (unpaired) electrons. The molecule has 1 heterocycles. The quantitative estimate of drug-likeness (QED) is 0.833. The zero-order valence-electron chi connectivity index (χ0n) is 9.50. The molecule has 80 valence electrons. The van der Waals surface area contributed by atoms with Crippen LogP contribution >= 0.6 is 11.3 Å². The van der Waals surface area contributed by atoms with Crippen LogP contribution in [0.5, 0.6) is 0 Å². The molecule has 1 aromatic heterocycles. The van der Waals surface area contributed by atoms with Crippen molar-refractivity contribution in [3.63, 3.8) is 0 Å². The average molecular weight is 212 g/mol. The molecule has 2 nitrogen and oxygen atoms in total. The summed E-state index contributed by atoms with van der Waals surface area (Å²) in [6.45, 7) is 8.54. The Balaban J connectivity index is 2.60. The predicted molar refractivity (Wildman–Crippen MR) is 62.7 cm³/mol. The van der Waals surface area contributed by atoms with Crippen LogP contribution in [-0.2, 0) is 6.42 Å². The molecule has 0 spiro atoms. The highest BCUT2D eigenvalue weighted by Crippen LogP contribution is 2.20. The molecular formula is C11H20N2S. The summed E-state index contributed by atoms with van der Waals surface area (Å²) in [4.78, 5) is 5.86. The Morgan fingerprint density at radius 2 is 2.07 bits per heavy atom. The topological polar surface area (TPSA) is 38.9 Å². The van der Waals surface area contributed by atoms with Gasteiger partial charge in [-0.1, -0.05) is 13.8 Å². The van der Waals surface area contributed by atoms with E-state index < -0.39 is 0 Å². The summed E-state index contributed by atoms with van der Waals surface area (Å²) in [6, 6.07) is 0.305. The SMILES string of the molecule is CCC(N)C(C)Cc1nc(C)c(C)s1. The Kier molecular flexibility index (Phi) is 4.08. The van der Waals surface area contributed by atoms with Gasteiger partial charge in [-0.15, -0.1) is 11.3 Å². The van der Waals surface area contributed by atoms with E-state index in [1.807, 2.05) is 0 Å². The second kappa shape index (κ2) is 4.89. The molecule has 14 heavy (non-hydrogen) atoms. The fraction of sp³-hybridized carbons (Fsp3) is 0.727. The summed E-state index contributed by atoms with van der Waals surface area (Å²) in [5, 5.41) is 1.23. The first-order chi connectivity index (χ1) is 6.54. The normalized spacial score (nSPS) is 15.5. The summed E-state index contributed by atoms with van der Waals surface area (Å²) < 4.78 is 0. The lowest BCUT2D eigenvalue weighted by Gasteiger charge is -2.16. The van der Waals surface area contributed by atoms with Crippen LogP contribution in [0.15, 0.2) is 0 Å². The highest BCUT2D eigenvalue weighted by molar-refractivity contribution is 7.11. The van der Waals surface area contributed by atoms with Crippen LogP contribution in [0.3, 0.4) is 0 Å². The number of thiazole rings is 1. The molecule has 1 aromatic rings. The number of nitrogens with two attached hydrogens (primary N) is 1. The Bertz CT molecular complexity index is 274. The van der Waals surface area contributed by atoms with Gasteiger partial charge in [0, 0.05) is 17.3 Å². The van der Waals surface area contributed by atoms with Gasteiger partial charge in [0.05, 0.1) is 10.7 Å². The number of aromatic nitrogens is 1. The molecule has 0 aromatic carbocycles. The van der Waals surface area contributed by atoms with E-state index in [0.29, 0.717) is 12.0 Å². The van der Waals surface area contributed by atoms with Gasteiger partial charge < -0.3 is 5.73 Å². The molecule has 0 saturated heterocycles. The Hall–Kier alpha value is -0.410. The van der Waals surface area contributed by atoms with Gasteiger partial charge in [-0.05, 0) is 26.2 Å². The molecule has 3 heteroatoms. The molecule has 0 saturated carbocycles. The Morgan fingerprint density at radius 3 is 2.50 bits per heavy atom. The van der Waals surface area contributed by atoms with Crippen LogP contribution in [0.1, 0.15) is 35.8 Å².